The van der Waals surface area contributed by atoms with Crippen molar-refractivity contribution < 1.29 is 22.0 Å². The molecule has 8 heteroatoms. The van der Waals surface area contributed by atoms with Crippen LogP contribution in [0.3, 0.4) is 0 Å². The lowest BCUT2D eigenvalue weighted by Gasteiger charge is -2.07. The second-order valence-corrected chi connectivity index (χ2v) is 5.20. The highest BCUT2D eigenvalue weighted by molar-refractivity contribution is 5.66. The Balaban J connectivity index is 2.08. The van der Waals surface area contributed by atoms with Gasteiger partial charge in [0.25, 0.3) is 0 Å². The summed E-state index contributed by atoms with van der Waals surface area (Å²) in [6, 6.07) is 6.95. The van der Waals surface area contributed by atoms with E-state index in [1.165, 1.54) is 6.07 Å². The van der Waals surface area contributed by atoms with Crippen LogP contribution in [-0.4, -0.2) is 15.2 Å². The molecular weight excluding hydrogens is 329 g/mol. The maximum absolute atomic E-state index is 13.9. The molecule has 1 aromatic carbocycles. The van der Waals surface area contributed by atoms with Crippen LogP contribution >= 0.6 is 0 Å². The van der Waals surface area contributed by atoms with Crippen molar-refractivity contribution >= 4 is 0 Å². The number of rotatable bonds is 2. The van der Waals surface area contributed by atoms with E-state index in [4.69, 9.17) is 0 Å². The number of hydrogen-bond donors (Lipinski definition) is 1. The molecule has 0 bridgehead atoms. The minimum Gasteiger partial charge on any atom is -0.276 e. The summed E-state index contributed by atoms with van der Waals surface area (Å²) in [6.07, 6.45) is -4.58. The van der Waals surface area contributed by atoms with Gasteiger partial charge in [-0.1, -0.05) is 0 Å². The summed E-state index contributed by atoms with van der Waals surface area (Å²) in [5.74, 6) is -1.54. The molecule has 0 aliphatic carbocycles. The van der Waals surface area contributed by atoms with E-state index < -0.39 is 23.5 Å². The van der Waals surface area contributed by atoms with Crippen molar-refractivity contribution in [3.8, 4) is 22.6 Å². The highest BCUT2D eigenvalue weighted by atomic mass is 19.4. The Morgan fingerprint density at radius 3 is 2.29 bits per heavy atom. The lowest BCUT2D eigenvalue weighted by Crippen LogP contribution is -2.04. The maximum Gasteiger partial charge on any atom is 0.435 e. The first-order valence-corrected chi connectivity index (χ1v) is 6.81. The zero-order valence-corrected chi connectivity index (χ0v) is 12.2. The fraction of sp³-hybridized carbons (Fsp3) is 0.125. The molecule has 0 radical (unpaired) electrons. The third-order valence-corrected chi connectivity index (χ3v) is 3.32. The van der Waals surface area contributed by atoms with Crippen LogP contribution in [0.15, 0.2) is 36.4 Å². The van der Waals surface area contributed by atoms with E-state index in [-0.39, 0.29) is 22.6 Å². The first kappa shape index (κ1) is 16.1. The van der Waals surface area contributed by atoms with Gasteiger partial charge in [0.05, 0.1) is 17.1 Å². The Labute approximate surface area is 133 Å². The molecule has 0 atom stereocenters. The summed E-state index contributed by atoms with van der Waals surface area (Å²) in [5.41, 5.74) is 0.0475. The normalized spacial score (nSPS) is 11.8. The molecule has 0 aliphatic heterocycles. The smallest absolute Gasteiger partial charge is 0.276 e. The van der Waals surface area contributed by atoms with Gasteiger partial charge in [-0.3, -0.25) is 5.10 Å². The Morgan fingerprint density at radius 1 is 0.958 bits per heavy atom. The molecule has 0 spiro atoms. The predicted octanol–water partition coefficient (Wildman–Crippen LogP) is 4.74. The summed E-state index contributed by atoms with van der Waals surface area (Å²) in [4.78, 5) is 4.16. The van der Waals surface area contributed by atoms with Crippen LogP contribution < -0.4 is 0 Å². The highest BCUT2D eigenvalue weighted by Crippen LogP contribution is 2.31. The minimum atomic E-state index is -4.58. The number of halogens is 5. The number of aromatic amines is 1. The van der Waals surface area contributed by atoms with Crippen LogP contribution in [0.4, 0.5) is 22.0 Å². The number of alkyl halides is 3. The third kappa shape index (κ3) is 3.12. The van der Waals surface area contributed by atoms with Gasteiger partial charge in [-0.2, -0.15) is 18.3 Å². The van der Waals surface area contributed by atoms with Gasteiger partial charge in [0.2, 0.25) is 0 Å². The number of hydrogen-bond acceptors (Lipinski definition) is 2. The topological polar surface area (TPSA) is 41.6 Å². The van der Waals surface area contributed by atoms with Crippen LogP contribution in [0.5, 0.6) is 0 Å². The molecule has 0 amide bonds. The summed E-state index contributed by atoms with van der Waals surface area (Å²) in [7, 11) is 0. The monoisotopic (exact) mass is 339 g/mol. The summed E-state index contributed by atoms with van der Waals surface area (Å²) in [5, 5.41) is 5.48. The van der Waals surface area contributed by atoms with E-state index in [0.29, 0.717) is 5.56 Å². The number of benzene rings is 1. The van der Waals surface area contributed by atoms with Crippen LogP contribution in [0.25, 0.3) is 22.6 Å². The van der Waals surface area contributed by atoms with Crippen molar-refractivity contribution in [3.63, 3.8) is 0 Å². The molecule has 3 nitrogen and oxygen atoms in total. The highest BCUT2D eigenvalue weighted by Gasteiger charge is 2.34. The van der Waals surface area contributed by atoms with E-state index in [1.807, 2.05) is 0 Å². The molecule has 0 unspecified atom stereocenters. The van der Waals surface area contributed by atoms with Crippen molar-refractivity contribution in [2.24, 2.45) is 0 Å². The Bertz CT molecular complexity index is 899. The Kier molecular flexibility index (Phi) is 3.82. The van der Waals surface area contributed by atoms with Crippen molar-refractivity contribution in [2.45, 2.75) is 13.1 Å². The van der Waals surface area contributed by atoms with E-state index in [1.54, 1.807) is 19.1 Å². The lowest BCUT2D eigenvalue weighted by atomic mass is 10.1. The molecule has 3 rings (SSSR count). The summed E-state index contributed by atoms with van der Waals surface area (Å²) < 4.78 is 64.9. The maximum atomic E-state index is 13.9. The summed E-state index contributed by atoms with van der Waals surface area (Å²) in [6.45, 7) is 1.69. The van der Waals surface area contributed by atoms with Crippen molar-refractivity contribution in [2.75, 3.05) is 0 Å². The van der Waals surface area contributed by atoms with E-state index >= 15 is 0 Å². The van der Waals surface area contributed by atoms with Crippen LogP contribution in [0.1, 0.15) is 11.3 Å². The second-order valence-electron chi connectivity index (χ2n) is 5.20. The van der Waals surface area contributed by atoms with Gasteiger partial charge in [0, 0.05) is 11.6 Å². The fourth-order valence-corrected chi connectivity index (χ4v) is 2.24. The molecule has 1 N–H and O–H groups in total. The molecular formula is C16H10F5N3. The number of aryl methyl sites for hydroxylation is 1. The molecule has 3 aromatic rings. The van der Waals surface area contributed by atoms with Gasteiger partial charge in [0.15, 0.2) is 5.69 Å². The fourth-order valence-electron chi connectivity index (χ4n) is 2.24. The van der Waals surface area contributed by atoms with Gasteiger partial charge < -0.3 is 0 Å². The zero-order chi connectivity index (χ0) is 17.5. The van der Waals surface area contributed by atoms with Crippen molar-refractivity contribution in [1.29, 1.82) is 0 Å². The number of nitrogens with zero attached hydrogens (tertiary/aromatic N) is 2. The van der Waals surface area contributed by atoms with Gasteiger partial charge in [-0.05, 0) is 42.8 Å². The van der Waals surface area contributed by atoms with Crippen LogP contribution in [0.2, 0.25) is 0 Å². The number of nitrogens with one attached hydrogen (secondary N) is 1. The summed E-state index contributed by atoms with van der Waals surface area (Å²) >= 11 is 0. The first-order valence-electron chi connectivity index (χ1n) is 6.81. The van der Waals surface area contributed by atoms with Crippen LogP contribution in [0, 0.1) is 18.6 Å². The van der Waals surface area contributed by atoms with Crippen molar-refractivity contribution in [1.82, 2.24) is 15.2 Å². The second kappa shape index (κ2) is 5.70. The number of aromatic nitrogens is 3. The molecule has 0 saturated carbocycles. The molecule has 2 aromatic heterocycles. The molecule has 0 aliphatic rings. The average Bonchev–Trinajstić information content (AvgIpc) is 2.96. The molecule has 0 fully saturated rings. The molecule has 124 valence electrons. The van der Waals surface area contributed by atoms with Crippen molar-refractivity contribution in [3.05, 3.63) is 59.3 Å². The number of H-pyrrole nitrogens is 1. The lowest BCUT2D eigenvalue weighted by molar-refractivity contribution is -0.141. The number of pyridine rings is 1. The minimum absolute atomic E-state index is 0.0507. The van der Waals surface area contributed by atoms with E-state index in [2.05, 4.69) is 15.2 Å². The first-order chi connectivity index (χ1) is 11.2. The van der Waals surface area contributed by atoms with E-state index in [9.17, 15) is 22.0 Å². The predicted molar refractivity (Wildman–Crippen MR) is 76.9 cm³/mol. The average molecular weight is 339 g/mol. The van der Waals surface area contributed by atoms with Gasteiger partial charge in [-0.15, -0.1) is 0 Å². The van der Waals surface area contributed by atoms with Gasteiger partial charge in [0.1, 0.15) is 11.6 Å². The van der Waals surface area contributed by atoms with Gasteiger partial charge in [-0.25, -0.2) is 13.8 Å². The molecule has 24 heavy (non-hydrogen) atoms. The largest absolute Gasteiger partial charge is 0.435 e. The quantitative estimate of drug-likeness (QED) is 0.685. The molecule has 2 heterocycles. The zero-order valence-electron chi connectivity index (χ0n) is 12.2. The Morgan fingerprint density at radius 2 is 1.67 bits per heavy atom. The van der Waals surface area contributed by atoms with E-state index in [0.717, 1.165) is 18.2 Å². The SMILES string of the molecule is Cc1cc(-c2cc(C(F)(F)F)n[nH]2)nc(-c2ccc(F)cc2F)c1. The molecule has 0 saturated heterocycles. The Hall–Kier alpha value is -2.77. The van der Waals surface area contributed by atoms with Crippen LogP contribution in [-0.2, 0) is 6.18 Å². The third-order valence-electron chi connectivity index (χ3n) is 3.32. The van der Waals surface area contributed by atoms with Gasteiger partial charge >= 0.3 is 6.18 Å². The standard InChI is InChI=1S/C16H10F5N3/c1-8-4-12(10-3-2-9(17)6-11(10)18)22-13(5-8)14-7-15(24-23-14)16(19,20)21/h2-7H,1H3,(H,23,24).